The number of benzene rings is 2. The van der Waals surface area contributed by atoms with Gasteiger partial charge in [0.2, 0.25) is 21.8 Å². The van der Waals surface area contributed by atoms with Crippen LogP contribution in [0.1, 0.15) is 37.3 Å². The number of hydrogen-bond acceptors (Lipinski definition) is 4. The van der Waals surface area contributed by atoms with Crippen molar-refractivity contribution < 1.29 is 18.0 Å². The largest absolute Gasteiger partial charge is 0.326 e. The molecule has 1 saturated heterocycles. The molecule has 0 saturated carbocycles. The van der Waals surface area contributed by atoms with Crippen molar-refractivity contribution >= 4 is 33.2 Å². The summed E-state index contributed by atoms with van der Waals surface area (Å²) < 4.78 is 27.4. The predicted octanol–water partition coefficient (Wildman–Crippen LogP) is 3.37. The van der Waals surface area contributed by atoms with Crippen LogP contribution in [0.15, 0.2) is 47.4 Å². The van der Waals surface area contributed by atoms with Crippen molar-refractivity contribution in [1.82, 2.24) is 4.72 Å². The second-order valence-electron chi connectivity index (χ2n) is 7.89. The molecule has 3 rings (SSSR count). The summed E-state index contributed by atoms with van der Waals surface area (Å²) in [5.41, 5.74) is 3.32. The third-order valence-corrected chi connectivity index (χ3v) is 7.06. The van der Waals surface area contributed by atoms with Gasteiger partial charge in [0.25, 0.3) is 0 Å². The van der Waals surface area contributed by atoms with Crippen LogP contribution in [0, 0.1) is 19.8 Å². The number of sulfonamides is 1. The molecule has 2 N–H and O–H groups in total. The Bertz CT molecular complexity index is 1080. The van der Waals surface area contributed by atoms with Crippen molar-refractivity contribution in [3.8, 4) is 0 Å². The van der Waals surface area contributed by atoms with Crippen LogP contribution < -0.4 is 14.9 Å². The molecule has 31 heavy (non-hydrogen) atoms. The van der Waals surface area contributed by atoms with E-state index in [0.717, 1.165) is 29.7 Å². The number of aryl methyl sites for hydroxylation is 1. The highest BCUT2D eigenvalue weighted by molar-refractivity contribution is 7.89. The van der Waals surface area contributed by atoms with Crippen LogP contribution in [0.5, 0.6) is 0 Å². The summed E-state index contributed by atoms with van der Waals surface area (Å²) >= 11 is 0. The molecule has 1 aliphatic heterocycles. The summed E-state index contributed by atoms with van der Waals surface area (Å²) in [5.74, 6) is -0.893. The zero-order chi connectivity index (χ0) is 22.6. The molecule has 0 spiro atoms. The van der Waals surface area contributed by atoms with Crippen LogP contribution in [-0.2, 0) is 19.6 Å². The quantitative estimate of drug-likeness (QED) is 0.612. The third-order valence-electron chi connectivity index (χ3n) is 5.60. The Labute approximate surface area is 183 Å². The monoisotopic (exact) mass is 443 g/mol. The third kappa shape index (κ3) is 5.32. The standard InChI is InChI=1S/C23H29N3O4S/c1-4-5-12-24-31(29,30)20-10-7-9-19(14-20)25-23(28)18-13-22(27)26(15-18)21-11-6-8-16(2)17(21)3/h6-11,14,18,24H,4-5,12-13,15H2,1-3H3,(H,25,28). The maximum Gasteiger partial charge on any atom is 0.240 e. The van der Waals surface area contributed by atoms with E-state index in [2.05, 4.69) is 10.0 Å². The first-order chi connectivity index (χ1) is 14.7. The van der Waals surface area contributed by atoms with Crippen molar-refractivity contribution in [2.45, 2.75) is 44.9 Å². The van der Waals surface area contributed by atoms with Crippen LogP contribution in [0.25, 0.3) is 0 Å². The number of carbonyl (C=O) groups is 2. The van der Waals surface area contributed by atoms with Crippen LogP contribution in [0.4, 0.5) is 11.4 Å². The Kier molecular flexibility index (Phi) is 7.12. The van der Waals surface area contributed by atoms with E-state index in [1.807, 2.05) is 39.0 Å². The first kappa shape index (κ1) is 23.0. The van der Waals surface area contributed by atoms with Crippen LogP contribution in [0.2, 0.25) is 0 Å². The number of nitrogens with zero attached hydrogens (tertiary/aromatic N) is 1. The predicted molar refractivity (Wildman–Crippen MR) is 122 cm³/mol. The molecular formula is C23H29N3O4S. The summed E-state index contributed by atoms with van der Waals surface area (Å²) in [4.78, 5) is 27.1. The van der Waals surface area contributed by atoms with E-state index < -0.39 is 15.9 Å². The van der Waals surface area contributed by atoms with E-state index in [-0.39, 0.29) is 23.1 Å². The summed E-state index contributed by atoms with van der Waals surface area (Å²) in [5, 5.41) is 2.77. The zero-order valence-electron chi connectivity index (χ0n) is 18.1. The molecule has 8 heteroatoms. The van der Waals surface area contributed by atoms with Gasteiger partial charge in [0.15, 0.2) is 0 Å². The minimum Gasteiger partial charge on any atom is -0.326 e. The van der Waals surface area contributed by atoms with E-state index in [4.69, 9.17) is 0 Å². The normalized spacial score (nSPS) is 16.5. The van der Waals surface area contributed by atoms with Crippen molar-refractivity contribution in [1.29, 1.82) is 0 Å². The van der Waals surface area contributed by atoms with Crippen LogP contribution in [0.3, 0.4) is 0 Å². The molecule has 166 valence electrons. The number of hydrogen-bond donors (Lipinski definition) is 2. The maximum atomic E-state index is 12.8. The first-order valence-corrected chi connectivity index (χ1v) is 12.0. The highest BCUT2D eigenvalue weighted by Crippen LogP contribution is 2.30. The molecule has 2 aromatic carbocycles. The molecular weight excluding hydrogens is 414 g/mol. The van der Waals surface area contributed by atoms with E-state index in [9.17, 15) is 18.0 Å². The fraction of sp³-hybridized carbons (Fsp3) is 0.391. The SMILES string of the molecule is CCCCNS(=O)(=O)c1cccc(NC(=O)C2CC(=O)N(c3cccc(C)c3C)C2)c1. The average molecular weight is 444 g/mol. The molecule has 0 radical (unpaired) electrons. The van der Waals surface area contributed by atoms with Crippen LogP contribution in [-0.4, -0.2) is 33.3 Å². The summed E-state index contributed by atoms with van der Waals surface area (Å²) in [7, 11) is -3.64. The van der Waals surface area contributed by atoms with Crippen molar-refractivity contribution in [3.63, 3.8) is 0 Å². The Morgan fingerprint density at radius 3 is 2.65 bits per heavy atom. The van der Waals surface area contributed by atoms with Gasteiger partial charge in [0, 0.05) is 30.9 Å². The van der Waals surface area contributed by atoms with Gasteiger partial charge in [-0.15, -0.1) is 0 Å². The molecule has 1 unspecified atom stereocenters. The molecule has 1 atom stereocenters. The van der Waals surface area contributed by atoms with Gasteiger partial charge < -0.3 is 10.2 Å². The second-order valence-corrected chi connectivity index (χ2v) is 9.66. The van der Waals surface area contributed by atoms with Crippen molar-refractivity contribution in [3.05, 3.63) is 53.6 Å². The lowest BCUT2D eigenvalue weighted by Gasteiger charge is -2.20. The number of nitrogens with one attached hydrogen (secondary N) is 2. The smallest absolute Gasteiger partial charge is 0.240 e. The lowest BCUT2D eigenvalue weighted by Crippen LogP contribution is -2.29. The van der Waals surface area contributed by atoms with E-state index in [1.54, 1.807) is 17.0 Å². The average Bonchev–Trinajstić information content (AvgIpc) is 3.12. The summed E-state index contributed by atoms with van der Waals surface area (Å²) in [6.45, 7) is 6.60. The minimum absolute atomic E-state index is 0.0923. The van der Waals surface area contributed by atoms with Gasteiger partial charge in [-0.1, -0.05) is 31.5 Å². The number of amides is 2. The van der Waals surface area contributed by atoms with Gasteiger partial charge in [-0.3, -0.25) is 9.59 Å². The fourth-order valence-electron chi connectivity index (χ4n) is 3.60. The Morgan fingerprint density at radius 1 is 1.16 bits per heavy atom. The fourth-order valence-corrected chi connectivity index (χ4v) is 4.72. The molecule has 1 heterocycles. The highest BCUT2D eigenvalue weighted by atomic mass is 32.2. The Morgan fingerprint density at radius 2 is 1.90 bits per heavy atom. The molecule has 0 aromatic heterocycles. The molecule has 0 aliphatic carbocycles. The second kappa shape index (κ2) is 9.62. The van der Waals surface area contributed by atoms with E-state index in [1.165, 1.54) is 12.1 Å². The topological polar surface area (TPSA) is 95.6 Å². The lowest BCUT2D eigenvalue weighted by atomic mass is 10.1. The summed E-state index contributed by atoms with van der Waals surface area (Å²) in [6.07, 6.45) is 1.76. The van der Waals surface area contributed by atoms with Gasteiger partial charge in [-0.25, -0.2) is 13.1 Å². The number of anilines is 2. The highest BCUT2D eigenvalue weighted by Gasteiger charge is 2.35. The van der Waals surface area contributed by atoms with Crippen LogP contribution >= 0.6 is 0 Å². The lowest BCUT2D eigenvalue weighted by molar-refractivity contribution is -0.122. The summed E-state index contributed by atoms with van der Waals surface area (Å²) in [6, 6.07) is 11.9. The number of unbranched alkanes of at least 4 members (excludes halogenated alkanes) is 1. The zero-order valence-corrected chi connectivity index (χ0v) is 19.0. The van der Waals surface area contributed by atoms with Crippen molar-refractivity contribution in [2.24, 2.45) is 5.92 Å². The minimum atomic E-state index is -3.64. The van der Waals surface area contributed by atoms with Gasteiger partial charge in [0.05, 0.1) is 10.8 Å². The first-order valence-electron chi connectivity index (χ1n) is 10.5. The van der Waals surface area contributed by atoms with Gasteiger partial charge in [-0.2, -0.15) is 0 Å². The Balaban J connectivity index is 1.70. The number of rotatable bonds is 8. The van der Waals surface area contributed by atoms with E-state index >= 15 is 0 Å². The van der Waals surface area contributed by atoms with Gasteiger partial charge >= 0.3 is 0 Å². The molecule has 0 bridgehead atoms. The molecule has 2 amide bonds. The number of carbonyl (C=O) groups excluding carboxylic acids is 2. The van der Waals surface area contributed by atoms with Gasteiger partial charge in [0.1, 0.15) is 0 Å². The molecule has 7 nitrogen and oxygen atoms in total. The molecule has 2 aromatic rings. The maximum absolute atomic E-state index is 12.8. The molecule has 1 aliphatic rings. The van der Waals surface area contributed by atoms with E-state index in [0.29, 0.717) is 18.8 Å². The molecule has 1 fully saturated rings. The Hall–Kier alpha value is -2.71. The van der Waals surface area contributed by atoms with Gasteiger partial charge in [-0.05, 0) is 55.7 Å². The van der Waals surface area contributed by atoms with Crippen molar-refractivity contribution in [2.75, 3.05) is 23.3 Å².